The van der Waals surface area contributed by atoms with E-state index in [2.05, 4.69) is 0 Å². The van der Waals surface area contributed by atoms with Gasteiger partial charge in [-0.25, -0.2) is 9.59 Å². The van der Waals surface area contributed by atoms with E-state index in [9.17, 15) is 9.59 Å². The van der Waals surface area contributed by atoms with Crippen LogP contribution < -0.4 is 0 Å². The summed E-state index contributed by atoms with van der Waals surface area (Å²) in [6.45, 7) is 2.05. The molecule has 2 atom stereocenters. The van der Waals surface area contributed by atoms with E-state index in [0.717, 1.165) is 6.42 Å². The summed E-state index contributed by atoms with van der Waals surface area (Å²) in [6.07, 6.45) is -1.02. The normalized spacial score (nSPS) is 30.1. The van der Waals surface area contributed by atoms with E-state index in [1.807, 2.05) is 0 Å². The third-order valence-corrected chi connectivity index (χ3v) is 3.34. The maximum atomic E-state index is 10.8. The number of amides is 2. The van der Waals surface area contributed by atoms with Crippen molar-refractivity contribution < 1.29 is 19.8 Å². The van der Waals surface area contributed by atoms with Gasteiger partial charge in [0.05, 0.1) is 0 Å². The molecule has 0 aromatic carbocycles. The molecule has 0 saturated carbocycles. The molecule has 2 fully saturated rings. The Balaban J connectivity index is 1.98. The Hall–Kier alpha value is -1.46. The van der Waals surface area contributed by atoms with Crippen LogP contribution in [0.15, 0.2) is 0 Å². The molecule has 15 heavy (non-hydrogen) atoms. The van der Waals surface area contributed by atoms with Gasteiger partial charge in [-0.15, -0.1) is 0 Å². The van der Waals surface area contributed by atoms with Crippen LogP contribution in [0.5, 0.6) is 0 Å². The fourth-order valence-corrected chi connectivity index (χ4v) is 2.50. The van der Waals surface area contributed by atoms with Crippen LogP contribution >= 0.6 is 0 Å². The Morgan fingerprint density at radius 3 is 2.07 bits per heavy atom. The summed E-state index contributed by atoms with van der Waals surface area (Å²) in [5.41, 5.74) is 0. The zero-order valence-corrected chi connectivity index (χ0v) is 8.30. The highest BCUT2D eigenvalue weighted by molar-refractivity contribution is 5.66. The van der Waals surface area contributed by atoms with Crippen molar-refractivity contribution >= 4 is 12.2 Å². The van der Waals surface area contributed by atoms with Gasteiger partial charge < -0.3 is 20.0 Å². The summed E-state index contributed by atoms with van der Waals surface area (Å²) in [7, 11) is 0. The smallest absolute Gasteiger partial charge is 0.407 e. The Bertz CT molecular complexity index is 282. The van der Waals surface area contributed by atoms with Crippen LogP contribution in [0.4, 0.5) is 9.59 Å². The first-order valence-corrected chi connectivity index (χ1v) is 5.03. The van der Waals surface area contributed by atoms with Crippen molar-refractivity contribution in [3.63, 3.8) is 0 Å². The predicted octanol–water partition coefficient (Wildman–Crippen LogP) is 0.596. The van der Waals surface area contributed by atoms with E-state index in [1.54, 1.807) is 0 Å². The topological polar surface area (TPSA) is 81.1 Å². The Labute approximate surface area is 87.1 Å². The molecule has 2 N–H and O–H groups in total. The Kier molecular flexibility index (Phi) is 2.42. The van der Waals surface area contributed by atoms with Gasteiger partial charge in [-0.05, 0) is 18.3 Å². The summed E-state index contributed by atoms with van der Waals surface area (Å²) in [5.74, 6) is 0.530. The minimum absolute atomic E-state index is 0.186. The van der Waals surface area contributed by atoms with Crippen molar-refractivity contribution in [2.75, 3.05) is 26.2 Å². The largest absolute Gasteiger partial charge is 0.465 e. The average Bonchev–Trinajstić information content (AvgIpc) is 2.59. The number of fused-ring (bicyclic) bond motifs is 1. The number of rotatable bonds is 0. The van der Waals surface area contributed by atoms with Crippen LogP contribution in [0.3, 0.4) is 0 Å². The van der Waals surface area contributed by atoms with Crippen LogP contribution in [0.1, 0.15) is 6.42 Å². The van der Waals surface area contributed by atoms with Crippen LogP contribution in [0.25, 0.3) is 0 Å². The first-order chi connectivity index (χ1) is 7.08. The van der Waals surface area contributed by atoms with Crippen LogP contribution in [0.2, 0.25) is 0 Å². The van der Waals surface area contributed by atoms with Crippen molar-refractivity contribution in [1.29, 1.82) is 0 Å². The second-order valence-corrected chi connectivity index (χ2v) is 4.22. The van der Waals surface area contributed by atoms with Gasteiger partial charge in [0.25, 0.3) is 0 Å². The number of piperidine rings is 1. The fraction of sp³-hybridized carbons (Fsp3) is 0.778. The zero-order chi connectivity index (χ0) is 11.0. The molecule has 0 bridgehead atoms. The molecule has 6 heteroatoms. The fourth-order valence-electron chi connectivity index (χ4n) is 2.50. The molecule has 2 saturated heterocycles. The monoisotopic (exact) mass is 214 g/mol. The molecular weight excluding hydrogens is 200 g/mol. The molecule has 0 aliphatic carbocycles. The lowest BCUT2D eigenvalue weighted by atomic mass is 9.89. The summed E-state index contributed by atoms with van der Waals surface area (Å²) >= 11 is 0. The van der Waals surface area contributed by atoms with Gasteiger partial charge in [-0.1, -0.05) is 0 Å². The van der Waals surface area contributed by atoms with Gasteiger partial charge in [-0.2, -0.15) is 0 Å². The first kappa shape index (κ1) is 10.1. The number of hydrogen-bond donors (Lipinski definition) is 2. The zero-order valence-electron chi connectivity index (χ0n) is 8.30. The van der Waals surface area contributed by atoms with Crippen molar-refractivity contribution in [3.8, 4) is 0 Å². The number of hydrogen-bond acceptors (Lipinski definition) is 2. The minimum Gasteiger partial charge on any atom is -0.465 e. The second kappa shape index (κ2) is 3.60. The quantitative estimate of drug-likeness (QED) is 0.618. The standard InChI is InChI=1S/C9H14N2O4/c12-8(13)10-2-1-6-3-11(9(14)15)5-7(6)4-10/h6-7H,1-5H2,(H,12,13)(H,14,15)/t6-,7+/m0/s1. The summed E-state index contributed by atoms with van der Waals surface area (Å²) in [4.78, 5) is 24.3. The molecule has 2 aliphatic rings. The van der Waals surface area contributed by atoms with Gasteiger partial charge in [0.2, 0.25) is 0 Å². The van der Waals surface area contributed by atoms with Crippen molar-refractivity contribution in [2.45, 2.75) is 6.42 Å². The van der Waals surface area contributed by atoms with E-state index in [4.69, 9.17) is 10.2 Å². The lowest BCUT2D eigenvalue weighted by molar-refractivity contribution is 0.110. The number of carbonyl (C=O) groups is 2. The van der Waals surface area contributed by atoms with Crippen molar-refractivity contribution in [2.24, 2.45) is 11.8 Å². The highest BCUT2D eigenvalue weighted by atomic mass is 16.4. The van der Waals surface area contributed by atoms with Gasteiger partial charge in [0.15, 0.2) is 0 Å². The Morgan fingerprint density at radius 2 is 1.47 bits per heavy atom. The molecule has 2 amide bonds. The highest BCUT2D eigenvalue weighted by Crippen LogP contribution is 2.30. The maximum absolute atomic E-state index is 10.8. The van der Waals surface area contributed by atoms with Crippen LogP contribution in [-0.2, 0) is 0 Å². The predicted molar refractivity (Wildman–Crippen MR) is 50.8 cm³/mol. The lowest BCUT2D eigenvalue weighted by Crippen LogP contribution is -2.42. The minimum atomic E-state index is -0.901. The highest BCUT2D eigenvalue weighted by Gasteiger charge is 2.39. The Morgan fingerprint density at radius 1 is 0.933 bits per heavy atom. The van der Waals surface area contributed by atoms with Crippen molar-refractivity contribution in [3.05, 3.63) is 0 Å². The van der Waals surface area contributed by atoms with Crippen LogP contribution in [0, 0.1) is 11.8 Å². The van der Waals surface area contributed by atoms with Gasteiger partial charge >= 0.3 is 12.2 Å². The number of carboxylic acid groups (broad SMARTS) is 2. The third-order valence-electron chi connectivity index (χ3n) is 3.34. The molecule has 0 unspecified atom stereocenters. The molecule has 0 radical (unpaired) electrons. The van der Waals surface area contributed by atoms with E-state index in [-0.39, 0.29) is 5.92 Å². The molecule has 0 spiro atoms. The van der Waals surface area contributed by atoms with E-state index < -0.39 is 12.2 Å². The van der Waals surface area contributed by atoms with Gasteiger partial charge in [0.1, 0.15) is 0 Å². The summed E-state index contributed by atoms with van der Waals surface area (Å²) < 4.78 is 0. The van der Waals surface area contributed by atoms with E-state index in [1.165, 1.54) is 9.80 Å². The summed E-state index contributed by atoms with van der Waals surface area (Å²) in [5, 5.41) is 17.7. The maximum Gasteiger partial charge on any atom is 0.407 e. The molecular formula is C9H14N2O4. The molecule has 2 rings (SSSR count). The van der Waals surface area contributed by atoms with E-state index >= 15 is 0 Å². The molecule has 2 aliphatic heterocycles. The second-order valence-electron chi connectivity index (χ2n) is 4.22. The number of nitrogens with zero attached hydrogens (tertiary/aromatic N) is 2. The molecule has 6 nitrogen and oxygen atoms in total. The van der Waals surface area contributed by atoms with Crippen molar-refractivity contribution in [1.82, 2.24) is 9.80 Å². The first-order valence-electron chi connectivity index (χ1n) is 5.03. The SMILES string of the molecule is O=C(O)N1CC[C@H]2CN(C(=O)O)C[C@H]2C1. The molecule has 2 heterocycles. The van der Waals surface area contributed by atoms with Crippen LogP contribution in [-0.4, -0.2) is 58.4 Å². The molecule has 0 aromatic rings. The summed E-state index contributed by atoms with van der Waals surface area (Å²) in [6, 6.07) is 0. The number of likely N-dealkylation sites (tertiary alicyclic amines) is 2. The average molecular weight is 214 g/mol. The molecule has 0 aromatic heterocycles. The third kappa shape index (κ3) is 1.84. The van der Waals surface area contributed by atoms with Gasteiger partial charge in [-0.3, -0.25) is 0 Å². The lowest BCUT2D eigenvalue weighted by Gasteiger charge is -2.32. The van der Waals surface area contributed by atoms with Gasteiger partial charge in [0, 0.05) is 26.2 Å². The van der Waals surface area contributed by atoms with E-state index in [0.29, 0.717) is 32.1 Å². The molecule has 84 valence electrons.